The van der Waals surface area contributed by atoms with Crippen LogP contribution in [-0.2, 0) is 9.53 Å². The third kappa shape index (κ3) is 2.98. The summed E-state index contributed by atoms with van der Waals surface area (Å²) < 4.78 is 23.5. The maximum absolute atomic E-state index is 13.6. The number of hydrogen-bond donors (Lipinski definition) is 1. The van der Waals surface area contributed by atoms with Crippen molar-refractivity contribution >= 4 is 17.7 Å². The number of benzene rings is 1. The second-order valence-corrected chi connectivity index (χ2v) is 4.37. The fourth-order valence-electron chi connectivity index (χ4n) is 1.92. The van der Waals surface area contributed by atoms with Crippen LogP contribution in [0.1, 0.15) is 6.92 Å². The Bertz CT molecular complexity index is 535. The fourth-order valence-corrected chi connectivity index (χ4v) is 1.92. The summed E-state index contributed by atoms with van der Waals surface area (Å²) in [7, 11) is 1.37. The molecular formula is C13H15FN2O4. The Morgan fingerprint density at radius 1 is 1.60 bits per heavy atom. The maximum atomic E-state index is 13.6. The number of rotatable bonds is 4. The van der Waals surface area contributed by atoms with Crippen molar-refractivity contribution in [2.75, 3.05) is 25.1 Å². The molecule has 1 aliphatic heterocycles. The van der Waals surface area contributed by atoms with Gasteiger partial charge in [-0.2, -0.15) is 0 Å². The summed E-state index contributed by atoms with van der Waals surface area (Å²) in [5.41, 5.74) is 0.388. The lowest BCUT2D eigenvalue weighted by Gasteiger charge is -2.14. The Morgan fingerprint density at radius 2 is 2.35 bits per heavy atom. The number of hydrogen-bond acceptors (Lipinski definition) is 4. The minimum Gasteiger partial charge on any atom is -0.494 e. The van der Waals surface area contributed by atoms with E-state index in [4.69, 9.17) is 9.47 Å². The van der Waals surface area contributed by atoms with E-state index in [2.05, 4.69) is 5.32 Å². The molecular weight excluding hydrogens is 267 g/mol. The van der Waals surface area contributed by atoms with Crippen molar-refractivity contribution in [2.24, 2.45) is 0 Å². The molecule has 0 saturated carbocycles. The normalized spacial score (nSPS) is 17.9. The minimum absolute atomic E-state index is 0.108. The van der Waals surface area contributed by atoms with Crippen LogP contribution < -0.4 is 15.0 Å². The molecule has 1 fully saturated rings. The number of carbonyl (C=O) groups excluding carboxylic acids is 2. The molecule has 108 valence electrons. The van der Waals surface area contributed by atoms with E-state index in [-0.39, 0.29) is 24.7 Å². The highest BCUT2D eigenvalue weighted by Crippen LogP contribution is 2.26. The number of carbonyl (C=O) groups is 2. The summed E-state index contributed by atoms with van der Waals surface area (Å²) in [6.07, 6.45) is -1.01. The Labute approximate surface area is 115 Å². The van der Waals surface area contributed by atoms with Crippen LogP contribution in [0.2, 0.25) is 0 Å². The number of amides is 2. The molecule has 0 bridgehead atoms. The minimum atomic E-state index is -0.565. The van der Waals surface area contributed by atoms with E-state index in [1.807, 2.05) is 0 Å². The van der Waals surface area contributed by atoms with E-state index < -0.39 is 18.0 Å². The molecule has 1 atom stereocenters. The van der Waals surface area contributed by atoms with Crippen LogP contribution in [0, 0.1) is 5.82 Å². The van der Waals surface area contributed by atoms with Gasteiger partial charge in [0, 0.05) is 13.0 Å². The Kier molecular flexibility index (Phi) is 4.07. The first kappa shape index (κ1) is 14.1. The maximum Gasteiger partial charge on any atom is 0.414 e. The second kappa shape index (κ2) is 5.77. The average Bonchev–Trinajstić information content (AvgIpc) is 2.77. The van der Waals surface area contributed by atoms with Gasteiger partial charge in [0.1, 0.15) is 6.10 Å². The standard InChI is InChI=1S/C13H15FN2O4/c1-8(17)15-6-10-7-16(13(18)20-10)9-3-4-12(19-2)11(14)5-9/h3-5,10H,6-7H2,1-2H3,(H,15,17)/t10-/m0/s1. The smallest absolute Gasteiger partial charge is 0.414 e. The first-order valence-corrected chi connectivity index (χ1v) is 6.07. The summed E-state index contributed by atoms with van der Waals surface area (Å²) in [6, 6.07) is 4.23. The molecule has 1 heterocycles. The lowest BCUT2D eigenvalue weighted by Crippen LogP contribution is -2.33. The van der Waals surface area contributed by atoms with E-state index >= 15 is 0 Å². The molecule has 1 N–H and O–H groups in total. The van der Waals surface area contributed by atoms with Crippen molar-refractivity contribution in [3.05, 3.63) is 24.0 Å². The highest BCUT2D eigenvalue weighted by Gasteiger charge is 2.32. The largest absolute Gasteiger partial charge is 0.494 e. The van der Waals surface area contributed by atoms with Gasteiger partial charge in [-0.3, -0.25) is 9.69 Å². The van der Waals surface area contributed by atoms with Gasteiger partial charge < -0.3 is 14.8 Å². The molecule has 0 unspecified atom stereocenters. The zero-order chi connectivity index (χ0) is 14.7. The van der Waals surface area contributed by atoms with Gasteiger partial charge in [0.15, 0.2) is 11.6 Å². The highest BCUT2D eigenvalue weighted by molar-refractivity contribution is 5.89. The molecule has 0 radical (unpaired) electrons. The van der Waals surface area contributed by atoms with Crippen LogP contribution >= 0.6 is 0 Å². The van der Waals surface area contributed by atoms with Crippen molar-refractivity contribution < 1.29 is 23.5 Å². The zero-order valence-electron chi connectivity index (χ0n) is 11.2. The van der Waals surface area contributed by atoms with Crippen molar-refractivity contribution in [1.29, 1.82) is 0 Å². The van der Waals surface area contributed by atoms with E-state index in [1.165, 1.54) is 31.1 Å². The summed E-state index contributed by atoms with van der Waals surface area (Å²) in [5.74, 6) is -0.644. The van der Waals surface area contributed by atoms with Gasteiger partial charge in [-0.05, 0) is 12.1 Å². The van der Waals surface area contributed by atoms with E-state index in [0.29, 0.717) is 5.69 Å². The Morgan fingerprint density at radius 3 is 2.95 bits per heavy atom. The summed E-state index contributed by atoms with van der Waals surface area (Å²) >= 11 is 0. The lowest BCUT2D eigenvalue weighted by atomic mass is 10.2. The molecule has 7 heteroatoms. The van der Waals surface area contributed by atoms with Gasteiger partial charge in [0.2, 0.25) is 5.91 Å². The van der Waals surface area contributed by atoms with Gasteiger partial charge in [-0.25, -0.2) is 9.18 Å². The Hall–Kier alpha value is -2.31. The van der Waals surface area contributed by atoms with Crippen molar-refractivity contribution in [1.82, 2.24) is 5.32 Å². The number of halogens is 1. The zero-order valence-corrected chi connectivity index (χ0v) is 11.2. The lowest BCUT2D eigenvalue weighted by molar-refractivity contribution is -0.119. The number of ether oxygens (including phenoxy) is 2. The summed E-state index contributed by atoms with van der Waals surface area (Å²) in [5, 5.41) is 2.57. The van der Waals surface area contributed by atoms with Crippen molar-refractivity contribution in [3.8, 4) is 5.75 Å². The number of methoxy groups -OCH3 is 1. The predicted octanol–water partition coefficient (Wildman–Crippen LogP) is 1.30. The van der Waals surface area contributed by atoms with Crippen molar-refractivity contribution in [2.45, 2.75) is 13.0 Å². The average molecular weight is 282 g/mol. The molecule has 1 saturated heterocycles. The van der Waals surface area contributed by atoms with Crippen molar-refractivity contribution in [3.63, 3.8) is 0 Å². The van der Waals surface area contributed by atoms with Crippen LogP contribution in [-0.4, -0.2) is 38.3 Å². The first-order valence-electron chi connectivity index (χ1n) is 6.07. The third-order valence-corrected chi connectivity index (χ3v) is 2.90. The molecule has 1 aliphatic rings. The molecule has 0 aliphatic carbocycles. The number of nitrogens with zero attached hydrogens (tertiary/aromatic N) is 1. The molecule has 2 amide bonds. The number of nitrogens with one attached hydrogen (secondary N) is 1. The van der Waals surface area contributed by atoms with Crippen LogP contribution in [0.5, 0.6) is 5.75 Å². The van der Waals surface area contributed by atoms with Gasteiger partial charge in [-0.1, -0.05) is 0 Å². The number of cyclic esters (lactones) is 1. The van der Waals surface area contributed by atoms with Gasteiger partial charge in [0.25, 0.3) is 0 Å². The quantitative estimate of drug-likeness (QED) is 0.903. The molecule has 6 nitrogen and oxygen atoms in total. The SMILES string of the molecule is COc1ccc(N2C[C@H](CNC(C)=O)OC2=O)cc1F. The topological polar surface area (TPSA) is 67.9 Å². The van der Waals surface area contributed by atoms with Crippen LogP contribution in [0.4, 0.5) is 14.9 Å². The molecule has 0 aromatic heterocycles. The summed E-state index contributed by atoms with van der Waals surface area (Å²) in [4.78, 5) is 23.9. The van der Waals surface area contributed by atoms with E-state index in [1.54, 1.807) is 6.07 Å². The van der Waals surface area contributed by atoms with Crippen LogP contribution in [0.25, 0.3) is 0 Å². The second-order valence-electron chi connectivity index (χ2n) is 4.37. The molecule has 20 heavy (non-hydrogen) atoms. The van der Waals surface area contributed by atoms with Crippen LogP contribution in [0.15, 0.2) is 18.2 Å². The van der Waals surface area contributed by atoms with Gasteiger partial charge in [0.05, 0.1) is 25.9 Å². The van der Waals surface area contributed by atoms with Crippen LogP contribution in [0.3, 0.4) is 0 Å². The predicted molar refractivity (Wildman–Crippen MR) is 69.3 cm³/mol. The molecule has 0 spiro atoms. The third-order valence-electron chi connectivity index (χ3n) is 2.90. The number of anilines is 1. The van der Waals surface area contributed by atoms with E-state index in [9.17, 15) is 14.0 Å². The highest BCUT2D eigenvalue weighted by atomic mass is 19.1. The fraction of sp³-hybridized carbons (Fsp3) is 0.385. The van der Waals surface area contributed by atoms with Gasteiger partial charge >= 0.3 is 6.09 Å². The molecule has 1 aromatic carbocycles. The first-order chi connectivity index (χ1) is 9.51. The van der Waals surface area contributed by atoms with E-state index in [0.717, 1.165) is 0 Å². The molecule has 1 aromatic rings. The molecule has 2 rings (SSSR count). The Balaban J connectivity index is 2.07. The summed E-state index contributed by atoms with van der Waals surface area (Å²) in [6.45, 7) is 1.87. The monoisotopic (exact) mass is 282 g/mol. The van der Waals surface area contributed by atoms with Gasteiger partial charge in [-0.15, -0.1) is 0 Å².